The van der Waals surface area contributed by atoms with Crippen molar-refractivity contribution >= 4 is 21.8 Å². The minimum atomic E-state index is 0.152. The van der Waals surface area contributed by atoms with Gasteiger partial charge in [0.25, 0.3) is 5.91 Å². The van der Waals surface area contributed by atoms with E-state index in [1.807, 2.05) is 28.8 Å². The summed E-state index contributed by atoms with van der Waals surface area (Å²) in [5.41, 5.74) is 0.763. The van der Waals surface area contributed by atoms with Gasteiger partial charge in [0.15, 0.2) is 0 Å². The first kappa shape index (κ1) is 15.6. The Morgan fingerprint density at radius 1 is 1.55 bits per heavy atom. The standard InChI is InChI=1S/C15H24BrN3O/c1-4-6-17(2)9-12-5-7-19(10-12)15(20)14-8-13(16)11-18(14)3/h8,11-12H,4-7,9-10H2,1-3H3. The molecular formula is C15H24BrN3O. The summed E-state index contributed by atoms with van der Waals surface area (Å²) in [7, 11) is 4.09. The fraction of sp³-hybridized carbons (Fsp3) is 0.667. The molecule has 1 aliphatic heterocycles. The van der Waals surface area contributed by atoms with E-state index in [1.165, 1.54) is 6.42 Å². The molecule has 20 heavy (non-hydrogen) atoms. The molecule has 1 amide bonds. The van der Waals surface area contributed by atoms with Gasteiger partial charge in [0.2, 0.25) is 0 Å². The molecule has 1 atom stereocenters. The Kier molecular flexibility index (Phi) is 5.27. The zero-order valence-corrected chi connectivity index (χ0v) is 14.2. The smallest absolute Gasteiger partial charge is 0.270 e. The Balaban J connectivity index is 1.92. The maximum atomic E-state index is 12.5. The molecule has 1 aliphatic rings. The maximum Gasteiger partial charge on any atom is 0.270 e. The highest BCUT2D eigenvalue weighted by Gasteiger charge is 2.28. The highest BCUT2D eigenvalue weighted by Crippen LogP contribution is 2.21. The maximum absolute atomic E-state index is 12.5. The molecule has 0 saturated carbocycles. The van der Waals surface area contributed by atoms with Crippen molar-refractivity contribution in [3.8, 4) is 0 Å². The molecule has 1 unspecified atom stereocenters. The Bertz CT molecular complexity index is 472. The Hall–Kier alpha value is -0.810. The van der Waals surface area contributed by atoms with Gasteiger partial charge < -0.3 is 14.4 Å². The van der Waals surface area contributed by atoms with E-state index in [0.29, 0.717) is 5.92 Å². The van der Waals surface area contributed by atoms with Crippen molar-refractivity contribution in [2.45, 2.75) is 19.8 Å². The van der Waals surface area contributed by atoms with Crippen molar-refractivity contribution in [3.63, 3.8) is 0 Å². The van der Waals surface area contributed by atoms with Crippen LogP contribution < -0.4 is 0 Å². The molecule has 0 aliphatic carbocycles. The third-order valence-corrected chi connectivity index (χ3v) is 4.37. The predicted octanol–water partition coefficient (Wildman–Crippen LogP) is 2.59. The number of aromatic nitrogens is 1. The van der Waals surface area contributed by atoms with Gasteiger partial charge >= 0.3 is 0 Å². The number of hydrogen-bond donors (Lipinski definition) is 0. The van der Waals surface area contributed by atoms with Gasteiger partial charge in [-0.1, -0.05) is 6.92 Å². The number of halogens is 1. The molecular weight excluding hydrogens is 318 g/mol. The van der Waals surface area contributed by atoms with Gasteiger partial charge in [-0.2, -0.15) is 0 Å². The van der Waals surface area contributed by atoms with Crippen LogP contribution in [0.3, 0.4) is 0 Å². The van der Waals surface area contributed by atoms with E-state index in [-0.39, 0.29) is 5.91 Å². The van der Waals surface area contributed by atoms with Crippen molar-refractivity contribution in [3.05, 3.63) is 22.4 Å². The van der Waals surface area contributed by atoms with Crippen molar-refractivity contribution in [1.82, 2.24) is 14.4 Å². The Morgan fingerprint density at radius 2 is 2.30 bits per heavy atom. The van der Waals surface area contributed by atoms with Gasteiger partial charge in [-0.25, -0.2) is 0 Å². The molecule has 0 aromatic carbocycles. The molecule has 0 radical (unpaired) electrons. The van der Waals surface area contributed by atoms with Crippen LogP contribution in [0.15, 0.2) is 16.7 Å². The predicted molar refractivity (Wildman–Crippen MR) is 84.9 cm³/mol. The van der Waals surface area contributed by atoms with Gasteiger partial charge in [0.1, 0.15) is 5.69 Å². The van der Waals surface area contributed by atoms with Crippen molar-refractivity contribution in [2.75, 3.05) is 33.2 Å². The summed E-state index contributed by atoms with van der Waals surface area (Å²) < 4.78 is 2.85. The molecule has 0 spiro atoms. The lowest BCUT2D eigenvalue weighted by molar-refractivity contribution is 0.0775. The topological polar surface area (TPSA) is 28.5 Å². The largest absolute Gasteiger partial charge is 0.345 e. The molecule has 1 aromatic heterocycles. The average molecular weight is 342 g/mol. The van der Waals surface area contributed by atoms with E-state index in [2.05, 4.69) is 34.8 Å². The molecule has 1 saturated heterocycles. The van der Waals surface area contributed by atoms with E-state index in [0.717, 1.165) is 42.8 Å². The number of carbonyl (C=O) groups excluding carboxylic acids is 1. The zero-order chi connectivity index (χ0) is 14.7. The van der Waals surface area contributed by atoms with Crippen LogP contribution in [0.5, 0.6) is 0 Å². The second-order valence-electron chi connectivity index (χ2n) is 5.82. The second-order valence-corrected chi connectivity index (χ2v) is 6.74. The Morgan fingerprint density at radius 3 is 2.90 bits per heavy atom. The number of aryl methyl sites for hydroxylation is 1. The number of carbonyl (C=O) groups is 1. The van der Waals surface area contributed by atoms with E-state index in [1.54, 1.807) is 0 Å². The van der Waals surface area contributed by atoms with Gasteiger partial charge in [-0.15, -0.1) is 0 Å². The highest BCUT2D eigenvalue weighted by atomic mass is 79.9. The SMILES string of the molecule is CCCN(C)CC1CCN(C(=O)c2cc(Br)cn2C)C1. The van der Waals surface area contributed by atoms with E-state index in [9.17, 15) is 4.79 Å². The first-order valence-electron chi connectivity index (χ1n) is 7.31. The first-order chi connectivity index (χ1) is 9.51. The third kappa shape index (κ3) is 3.64. The normalized spacial score (nSPS) is 19.1. The monoisotopic (exact) mass is 341 g/mol. The summed E-state index contributed by atoms with van der Waals surface area (Å²) in [6.45, 7) is 6.19. The molecule has 0 N–H and O–H groups in total. The third-order valence-electron chi connectivity index (χ3n) is 3.94. The lowest BCUT2D eigenvalue weighted by Crippen LogP contribution is -2.32. The lowest BCUT2D eigenvalue weighted by Gasteiger charge is -2.21. The van der Waals surface area contributed by atoms with Crippen LogP contribution in [0.4, 0.5) is 0 Å². The van der Waals surface area contributed by atoms with Crippen LogP contribution in [-0.2, 0) is 7.05 Å². The van der Waals surface area contributed by atoms with Crippen LogP contribution >= 0.6 is 15.9 Å². The molecule has 2 rings (SSSR count). The molecule has 112 valence electrons. The number of likely N-dealkylation sites (tertiary alicyclic amines) is 1. The summed E-state index contributed by atoms with van der Waals surface area (Å²) in [6, 6.07) is 1.90. The van der Waals surface area contributed by atoms with Crippen molar-refractivity contribution in [2.24, 2.45) is 13.0 Å². The quantitative estimate of drug-likeness (QED) is 0.823. The van der Waals surface area contributed by atoms with E-state index in [4.69, 9.17) is 0 Å². The van der Waals surface area contributed by atoms with E-state index >= 15 is 0 Å². The van der Waals surface area contributed by atoms with Crippen LogP contribution in [0, 0.1) is 5.92 Å². The summed E-state index contributed by atoms with van der Waals surface area (Å²) in [5, 5.41) is 0. The summed E-state index contributed by atoms with van der Waals surface area (Å²) in [5.74, 6) is 0.762. The number of amides is 1. The Labute approximate surface area is 129 Å². The molecule has 2 heterocycles. The van der Waals surface area contributed by atoms with Crippen LogP contribution in [-0.4, -0.2) is 53.5 Å². The first-order valence-corrected chi connectivity index (χ1v) is 8.10. The summed E-state index contributed by atoms with van der Waals surface area (Å²) in [6.07, 6.45) is 4.23. The van der Waals surface area contributed by atoms with Gasteiger partial charge in [0.05, 0.1) is 0 Å². The average Bonchev–Trinajstić information content (AvgIpc) is 2.95. The van der Waals surface area contributed by atoms with E-state index < -0.39 is 0 Å². The van der Waals surface area contributed by atoms with Crippen molar-refractivity contribution in [1.29, 1.82) is 0 Å². The fourth-order valence-corrected chi connectivity index (χ4v) is 3.50. The van der Waals surface area contributed by atoms with Gasteiger partial charge in [-0.3, -0.25) is 4.79 Å². The zero-order valence-electron chi connectivity index (χ0n) is 12.6. The highest BCUT2D eigenvalue weighted by molar-refractivity contribution is 9.10. The molecule has 5 heteroatoms. The van der Waals surface area contributed by atoms with Gasteiger partial charge in [-0.05, 0) is 54.3 Å². The lowest BCUT2D eigenvalue weighted by atomic mass is 10.1. The molecule has 0 bridgehead atoms. The molecule has 1 aromatic rings. The van der Waals surface area contributed by atoms with Crippen molar-refractivity contribution < 1.29 is 4.79 Å². The fourth-order valence-electron chi connectivity index (χ4n) is 2.98. The second kappa shape index (κ2) is 6.76. The minimum Gasteiger partial charge on any atom is -0.345 e. The van der Waals surface area contributed by atoms with Crippen LogP contribution in [0.1, 0.15) is 30.3 Å². The number of nitrogens with zero attached hydrogens (tertiary/aromatic N) is 3. The minimum absolute atomic E-state index is 0.152. The molecule has 1 fully saturated rings. The van der Waals surface area contributed by atoms with Crippen LogP contribution in [0.2, 0.25) is 0 Å². The summed E-state index contributed by atoms with van der Waals surface area (Å²) >= 11 is 3.42. The summed E-state index contributed by atoms with van der Waals surface area (Å²) in [4.78, 5) is 16.9. The van der Waals surface area contributed by atoms with Crippen LogP contribution in [0.25, 0.3) is 0 Å². The molecule has 4 nitrogen and oxygen atoms in total. The van der Waals surface area contributed by atoms with Gasteiger partial charge in [0, 0.05) is 37.4 Å². The number of rotatable bonds is 5. The number of hydrogen-bond acceptors (Lipinski definition) is 2.